The molecule has 0 N–H and O–H groups in total. The first-order chi connectivity index (χ1) is 19.9. The molecule has 1 fully saturated rings. The fraction of sp³-hybridized carbons (Fsp3) is 0.375. The van der Waals surface area contributed by atoms with E-state index in [1.165, 1.54) is 12.7 Å². The molecule has 2 heterocycles. The van der Waals surface area contributed by atoms with E-state index >= 15 is 0 Å². The number of nitrogens with zero attached hydrogens (tertiary/aromatic N) is 3. The van der Waals surface area contributed by atoms with Crippen LogP contribution < -0.4 is 18.9 Å². The standard InChI is InChI=1S/C32H37N3O6/c1-33-30(22-11-12-25(38-2)26(17-22)39-3)29(23-18-27(40-4)28(41-5)19-24(23)31(33)36)32(37)35-15-13-34(14-16-35)20-21-9-7-6-8-10-21/h6-12,17-19,29-30H,13-16,20H2,1-5H3/t29-,30-/m0/s1. The van der Waals surface area contributed by atoms with Crippen LogP contribution in [0.1, 0.15) is 39.0 Å². The highest BCUT2D eigenvalue weighted by Gasteiger charge is 2.45. The number of carbonyl (C=O) groups is 2. The van der Waals surface area contributed by atoms with E-state index in [-0.39, 0.29) is 11.8 Å². The molecular weight excluding hydrogens is 522 g/mol. The van der Waals surface area contributed by atoms with Crippen molar-refractivity contribution in [2.24, 2.45) is 0 Å². The molecule has 0 bridgehead atoms. The third-order valence-corrected chi connectivity index (χ3v) is 8.12. The predicted octanol–water partition coefficient (Wildman–Crippen LogP) is 3.98. The third-order valence-electron chi connectivity index (χ3n) is 8.12. The Morgan fingerprint density at radius 2 is 1.39 bits per heavy atom. The second kappa shape index (κ2) is 12.1. The fourth-order valence-corrected chi connectivity index (χ4v) is 5.93. The smallest absolute Gasteiger partial charge is 0.254 e. The number of fused-ring (bicyclic) bond motifs is 1. The van der Waals surface area contributed by atoms with Crippen molar-refractivity contribution in [3.63, 3.8) is 0 Å². The Morgan fingerprint density at radius 3 is 2.02 bits per heavy atom. The van der Waals surface area contributed by atoms with E-state index in [1.807, 2.05) is 35.2 Å². The molecule has 9 heteroatoms. The lowest BCUT2D eigenvalue weighted by Gasteiger charge is -2.43. The predicted molar refractivity (Wildman–Crippen MR) is 155 cm³/mol. The van der Waals surface area contributed by atoms with Crippen molar-refractivity contribution in [2.45, 2.75) is 18.5 Å². The first kappa shape index (κ1) is 28.3. The van der Waals surface area contributed by atoms with Crippen LogP contribution in [0.3, 0.4) is 0 Å². The Morgan fingerprint density at radius 1 is 0.780 bits per heavy atom. The number of likely N-dealkylation sites (N-methyl/N-ethyl adjacent to an activating group) is 1. The van der Waals surface area contributed by atoms with Crippen LogP contribution in [0.5, 0.6) is 23.0 Å². The lowest BCUT2D eigenvalue weighted by atomic mass is 9.78. The summed E-state index contributed by atoms with van der Waals surface area (Å²) >= 11 is 0. The summed E-state index contributed by atoms with van der Waals surface area (Å²) in [4.78, 5) is 34.2. The molecule has 0 aromatic heterocycles. The highest BCUT2D eigenvalue weighted by atomic mass is 16.5. The Kier molecular flexibility index (Phi) is 8.35. The molecule has 3 aromatic carbocycles. The fourth-order valence-electron chi connectivity index (χ4n) is 5.93. The Hall–Kier alpha value is -4.24. The maximum absolute atomic E-state index is 14.5. The minimum absolute atomic E-state index is 0.0306. The third kappa shape index (κ3) is 5.41. The van der Waals surface area contributed by atoms with Gasteiger partial charge in [0.05, 0.1) is 40.4 Å². The first-order valence-electron chi connectivity index (χ1n) is 13.7. The van der Waals surface area contributed by atoms with Gasteiger partial charge >= 0.3 is 0 Å². The summed E-state index contributed by atoms with van der Waals surface area (Å²) in [5.74, 6) is 1.13. The van der Waals surface area contributed by atoms with Crippen LogP contribution in [0.15, 0.2) is 60.7 Å². The van der Waals surface area contributed by atoms with Gasteiger partial charge in [-0.25, -0.2) is 0 Å². The van der Waals surface area contributed by atoms with Crippen molar-refractivity contribution in [3.05, 3.63) is 82.9 Å². The summed E-state index contributed by atoms with van der Waals surface area (Å²) in [7, 11) is 7.97. The van der Waals surface area contributed by atoms with E-state index in [2.05, 4.69) is 17.0 Å². The highest BCUT2D eigenvalue weighted by molar-refractivity contribution is 6.02. The summed E-state index contributed by atoms with van der Waals surface area (Å²) in [6.45, 7) is 3.57. The van der Waals surface area contributed by atoms with Crippen LogP contribution in [0.4, 0.5) is 0 Å². The number of rotatable bonds is 8. The van der Waals surface area contributed by atoms with Gasteiger partial charge in [0.25, 0.3) is 5.91 Å². The summed E-state index contributed by atoms with van der Waals surface area (Å²) in [6.07, 6.45) is 0. The number of amides is 2. The van der Waals surface area contributed by atoms with Crippen LogP contribution in [-0.4, -0.2) is 88.2 Å². The molecule has 2 amide bonds. The Bertz CT molecular complexity index is 1400. The van der Waals surface area contributed by atoms with Gasteiger partial charge in [0.2, 0.25) is 5.91 Å². The van der Waals surface area contributed by atoms with Gasteiger partial charge in [-0.05, 0) is 41.0 Å². The van der Waals surface area contributed by atoms with Crippen molar-refractivity contribution in [2.75, 3.05) is 61.7 Å². The number of hydrogen-bond donors (Lipinski definition) is 0. The van der Waals surface area contributed by atoms with Gasteiger partial charge in [-0.2, -0.15) is 0 Å². The lowest BCUT2D eigenvalue weighted by molar-refractivity contribution is -0.136. The topological polar surface area (TPSA) is 80.8 Å². The average Bonchev–Trinajstić information content (AvgIpc) is 3.02. The number of ether oxygens (including phenoxy) is 4. The largest absolute Gasteiger partial charge is 0.493 e. The van der Waals surface area contributed by atoms with E-state index in [4.69, 9.17) is 18.9 Å². The monoisotopic (exact) mass is 559 g/mol. The maximum atomic E-state index is 14.5. The van der Waals surface area contributed by atoms with E-state index in [9.17, 15) is 9.59 Å². The molecule has 216 valence electrons. The minimum atomic E-state index is -0.661. The molecule has 3 aromatic rings. The summed E-state index contributed by atoms with van der Waals surface area (Å²) in [5.41, 5.74) is 3.09. The van der Waals surface area contributed by atoms with Crippen LogP contribution in [0.2, 0.25) is 0 Å². The molecule has 0 aliphatic carbocycles. The van der Waals surface area contributed by atoms with E-state index in [1.54, 1.807) is 51.5 Å². The summed E-state index contributed by atoms with van der Waals surface area (Å²) < 4.78 is 22.1. The molecule has 0 saturated carbocycles. The zero-order chi connectivity index (χ0) is 29.1. The van der Waals surface area contributed by atoms with Gasteiger partial charge in [0.15, 0.2) is 23.0 Å². The van der Waals surface area contributed by atoms with E-state index in [0.29, 0.717) is 47.2 Å². The molecular formula is C32H37N3O6. The zero-order valence-corrected chi connectivity index (χ0v) is 24.3. The van der Waals surface area contributed by atoms with E-state index < -0.39 is 12.0 Å². The second-order valence-electron chi connectivity index (χ2n) is 10.3. The zero-order valence-electron chi connectivity index (χ0n) is 24.3. The van der Waals surface area contributed by atoms with Crippen LogP contribution >= 0.6 is 0 Å². The molecule has 2 aliphatic heterocycles. The number of hydrogen-bond acceptors (Lipinski definition) is 7. The van der Waals surface area contributed by atoms with Crippen LogP contribution in [0.25, 0.3) is 0 Å². The van der Waals surface area contributed by atoms with Gasteiger partial charge in [0.1, 0.15) is 0 Å². The van der Waals surface area contributed by atoms with Gasteiger partial charge in [-0.3, -0.25) is 14.5 Å². The SMILES string of the molecule is COc1ccc([C@H]2[C@@H](C(=O)N3CCN(Cc4ccccc4)CC3)c3cc(OC)c(OC)cc3C(=O)N2C)cc1OC. The Labute approximate surface area is 241 Å². The van der Waals surface area contributed by atoms with Crippen molar-refractivity contribution < 1.29 is 28.5 Å². The van der Waals surface area contributed by atoms with Gasteiger partial charge < -0.3 is 28.7 Å². The Balaban J connectivity index is 1.52. The first-order valence-corrected chi connectivity index (χ1v) is 13.7. The second-order valence-corrected chi connectivity index (χ2v) is 10.3. The summed E-state index contributed by atoms with van der Waals surface area (Å²) in [5, 5.41) is 0. The van der Waals surface area contributed by atoms with E-state index in [0.717, 1.165) is 25.2 Å². The quantitative estimate of drug-likeness (QED) is 0.413. The van der Waals surface area contributed by atoms with Gasteiger partial charge in [0, 0.05) is 45.3 Å². The molecule has 0 spiro atoms. The van der Waals surface area contributed by atoms with Crippen molar-refractivity contribution in [3.8, 4) is 23.0 Å². The van der Waals surface area contributed by atoms with Gasteiger partial charge in [-0.15, -0.1) is 0 Å². The number of piperazine rings is 1. The number of carbonyl (C=O) groups excluding carboxylic acids is 2. The molecule has 5 rings (SSSR count). The van der Waals surface area contributed by atoms with Crippen LogP contribution in [-0.2, 0) is 11.3 Å². The minimum Gasteiger partial charge on any atom is -0.493 e. The number of methoxy groups -OCH3 is 4. The highest BCUT2D eigenvalue weighted by Crippen LogP contribution is 2.47. The molecule has 0 unspecified atom stereocenters. The van der Waals surface area contributed by atoms with Crippen molar-refractivity contribution in [1.82, 2.24) is 14.7 Å². The van der Waals surface area contributed by atoms with Crippen LogP contribution in [0, 0.1) is 0 Å². The van der Waals surface area contributed by atoms with Gasteiger partial charge in [-0.1, -0.05) is 36.4 Å². The molecule has 41 heavy (non-hydrogen) atoms. The number of benzene rings is 3. The lowest BCUT2D eigenvalue weighted by Crippen LogP contribution is -2.52. The molecule has 2 aliphatic rings. The van der Waals surface area contributed by atoms with Crippen molar-refractivity contribution >= 4 is 11.8 Å². The molecule has 2 atom stereocenters. The maximum Gasteiger partial charge on any atom is 0.254 e. The molecule has 1 saturated heterocycles. The summed E-state index contributed by atoms with van der Waals surface area (Å²) in [6, 6.07) is 18.8. The molecule has 0 radical (unpaired) electrons. The molecule has 9 nitrogen and oxygen atoms in total. The average molecular weight is 560 g/mol. The van der Waals surface area contributed by atoms with Crippen molar-refractivity contribution in [1.29, 1.82) is 0 Å². The normalized spacial score (nSPS) is 19.0.